The molecule has 3 heterocycles. The molecule has 3 aromatic heterocycles. The lowest BCUT2D eigenvalue weighted by Crippen LogP contribution is -2.25. The molecule has 2 aromatic carbocycles. The standard InChI is InChI=1S/C26H25N7O4/c1-2-35-13-7-12-28-26(34)17-8-6-11-19(14-17)36-22-15-21-20(16-29-22)30-25(23-24(27)32-37-31-23)33(21)18-9-4-3-5-10-18/h3-6,8-11,14-16H,2,7,12-13H2,1H3,(H2,27,32)(H,28,34). The van der Waals surface area contributed by atoms with Crippen molar-refractivity contribution in [3.63, 3.8) is 0 Å². The van der Waals surface area contributed by atoms with Crippen LogP contribution >= 0.6 is 0 Å². The number of hydrogen-bond acceptors (Lipinski definition) is 9. The highest BCUT2D eigenvalue weighted by molar-refractivity contribution is 5.94. The molecule has 0 aliphatic rings. The topological polar surface area (TPSA) is 143 Å². The molecule has 0 spiro atoms. The zero-order valence-corrected chi connectivity index (χ0v) is 20.1. The molecule has 0 fully saturated rings. The Bertz CT molecular complexity index is 1510. The number of aromatic nitrogens is 5. The van der Waals surface area contributed by atoms with Crippen LogP contribution in [-0.2, 0) is 4.74 Å². The van der Waals surface area contributed by atoms with Crippen molar-refractivity contribution in [2.75, 3.05) is 25.5 Å². The number of nitrogen functional groups attached to an aromatic ring is 1. The Morgan fingerprint density at radius 2 is 1.97 bits per heavy atom. The second kappa shape index (κ2) is 10.9. The van der Waals surface area contributed by atoms with E-state index in [1.807, 2.05) is 41.8 Å². The molecule has 0 saturated heterocycles. The van der Waals surface area contributed by atoms with E-state index in [0.717, 1.165) is 17.6 Å². The lowest BCUT2D eigenvalue weighted by atomic mass is 10.2. The zero-order chi connectivity index (χ0) is 25.6. The van der Waals surface area contributed by atoms with Crippen molar-refractivity contribution in [3.05, 3.63) is 72.4 Å². The number of imidazole rings is 1. The molecule has 0 aliphatic carbocycles. The van der Waals surface area contributed by atoms with Crippen LogP contribution in [0.4, 0.5) is 5.82 Å². The Morgan fingerprint density at radius 1 is 1.11 bits per heavy atom. The van der Waals surface area contributed by atoms with Gasteiger partial charge in [0, 0.05) is 37.1 Å². The number of hydrogen-bond donors (Lipinski definition) is 2. The third kappa shape index (κ3) is 5.26. The highest BCUT2D eigenvalue weighted by Crippen LogP contribution is 2.32. The SMILES string of the molecule is CCOCCCNC(=O)c1cccc(Oc2cc3c(cn2)nc(-c2nonc2N)n3-c2ccccc2)c1. The molecule has 37 heavy (non-hydrogen) atoms. The van der Waals surface area contributed by atoms with E-state index in [1.165, 1.54) is 0 Å². The van der Waals surface area contributed by atoms with Crippen LogP contribution in [-0.4, -0.2) is 50.5 Å². The first-order valence-electron chi connectivity index (χ1n) is 11.8. The third-order valence-electron chi connectivity index (χ3n) is 5.53. The Hall–Kier alpha value is -4.77. The average Bonchev–Trinajstić information content (AvgIpc) is 3.51. The molecule has 11 nitrogen and oxygen atoms in total. The molecule has 0 radical (unpaired) electrons. The van der Waals surface area contributed by atoms with E-state index in [1.54, 1.807) is 36.5 Å². The van der Waals surface area contributed by atoms with Gasteiger partial charge in [-0.3, -0.25) is 9.36 Å². The molecule has 1 amide bonds. The molecule has 0 unspecified atom stereocenters. The van der Waals surface area contributed by atoms with E-state index in [0.29, 0.717) is 54.0 Å². The number of nitrogens with zero attached hydrogens (tertiary/aromatic N) is 5. The summed E-state index contributed by atoms with van der Waals surface area (Å²) in [7, 11) is 0. The molecular weight excluding hydrogens is 474 g/mol. The number of benzene rings is 2. The van der Waals surface area contributed by atoms with Crippen LogP contribution in [0.3, 0.4) is 0 Å². The van der Waals surface area contributed by atoms with Crippen molar-refractivity contribution in [2.24, 2.45) is 0 Å². The fourth-order valence-corrected chi connectivity index (χ4v) is 3.81. The maximum absolute atomic E-state index is 12.5. The van der Waals surface area contributed by atoms with E-state index in [9.17, 15) is 4.79 Å². The molecular formula is C26H25N7O4. The monoisotopic (exact) mass is 499 g/mol. The largest absolute Gasteiger partial charge is 0.439 e. The van der Waals surface area contributed by atoms with Crippen LogP contribution in [0.1, 0.15) is 23.7 Å². The maximum atomic E-state index is 12.5. The van der Waals surface area contributed by atoms with Gasteiger partial charge in [0.1, 0.15) is 11.3 Å². The number of nitrogens with two attached hydrogens (primary N) is 1. The summed E-state index contributed by atoms with van der Waals surface area (Å²) in [5.41, 5.74) is 8.93. The van der Waals surface area contributed by atoms with Gasteiger partial charge in [0.15, 0.2) is 17.3 Å². The van der Waals surface area contributed by atoms with Gasteiger partial charge in [0.25, 0.3) is 5.91 Å². The minimum absolute atomic E-state index is 0.130. The van der Waals surface area contributed by atoms with Crippen molar-refractivity contribution < 1.29 is 18.9 Å². The Kier molecular flexibility index (Phi) is 7.04. The smallest absolute Gasteiger partial charge is 0.251 e. The number of fused-ring (bicyclic) bond motifs is 1. The number of carbonyl (C=O) groups is 1. The van der Waals surface area contributed by atoms with E-state index in [2.05, 4.69) is 25.6 Å². The van der Waals surface area contributed by atoms with Gasteiger partial charge in [-0.1, -0.05) is 24.3 Å². The highest BCUT2D eigenvalue weighted by atomic mass is 16.6. The molecule has 0 bridgehead atoms. The normalized spacial score (nSPS) is 11.1. The summed E-state index contributed by atoms with van der Waals surface area (Å²) >= 11 is 0. The van der Waals surface area contributed by atoms with Crippen LogP contribution in [0.2, 0.25) is 0 Å². The predicted molar refractivity (Wildman–Crippen MR) is 137 cm³/mol. The number of nitrogens with one attached hydrogen (secondary N) is 1. The minimum atomic E-state index is -0.184. The van der Waals surface area contributed by atoms with Crippen molar-refractivity contribution in [1.29, 1.82) is 0 Å². The number of pyridine rings is 1. The lowest BCUT2D eigenvalue weighted by molar-refractivity contribution is 0.0944. The first-order chi connectivity index (χ1) is 18.1. The lowest BCUT2D eigenvalue weighted by Gasteiger charge is -2.10. The van der Waals surface area contributed by atoms with Gasteiger partial charge < -0.3 is 20.5 Å². The van der Waals surface area contributed by atoms with Crippen molar-refractivity contribution >= 4 is 22.8 Å². The Balaban J connectivity index is 1.43. The molecule has 5 rings (SSSR count). The molecule has 5 aromatic rings. The minimum Gasteiger partial charge on any atom is -0.439 e. The van der Waals surface area contributed by atoms with Crippen LogP contribution in [0.5, 0.6) is 11.6 Å². The van der Waals surface area contributed by atoms with Crippen LogP contribution in [0.15, 0.2) is 71.5 Å². The predicted octanol–water partition coefficient (Wildman–Crippen LogP) is 4.00. The van der Waals surface area contributed by atoms with E-state index in [-0.39, 0.29) is 11.7 Å². The van der Waals surface area contributed by atoms with Crippen LogP contribution < -0.4 is 15.8 Å². The van der Waals surface area contributed by atoms with Gasteiger partial charge in [-0.05, 0) is 54.0 Å². The quantitative estimate of drug-likeness (QED) is 0.272. The van der Waals surface area contributed by atoms with Gasteiger partial charge in [-0.15, -0.1) is 0 Å². The molecule has 0 atom stereocenters. The van der Waals surface area contributed by atoms with Gasteiger partial charge in [0.2, 0.25) is 5.88 Å². The van der Waals surface area contributed by atoms with Gasteiger partial charge in [-0.2, -0.15) is 0 Å². The summed E-state index contributed by atoms with van der Waals surface area (Å²) in [5.74, 6) is 1.21. The number of carbonyl (C=O) groups excluding carboxylic acids is 1. The second-order valence-corrected chi connectivity index (χ2v) is 8.05. The van der Waals surface area contributed by atoms with Gasteiger partial charge in [0.05, 0.1) is 11.7 Å². The van der Waals surface area contributed by atoms with Crippen LogP contribution in [0.25, 0.3) is 28.2 Å². The maximum Gasteiger partial charge on any atom is 0.251 e. The van der Waals surface area contributed by atoms with Crippen molar-refractivity contribution in [2.45, 2.75) is 13.3 Å². The van der Waals surface area contributed by atoms with E-state index >= 15 is 0 Å². The number of amides is 1. The van der Waals surface area contributed by atoms with Crippen molar-refractivity contribution in [1.82, 2.24) is 30.2 Å². The summed E-state index contributed by atoms with van der Waals surface area (Å²) in [6, 6.07) is 18.3. The third-order valence-corrected chi connectivity index (χ3v) is 5.53. The van der Waals surface area contributed by atoms with Crippen molar-refractivity contribution in [3.8, 4) is 28.8 Å². The first-order valence-corrected chi connectivity index (χ1v) is 11.8. The summed E-state index contributed by atoms with van der Waals surface area (Å²) in [5, 5.41) is 10.5. The number of rotatable bonds is 10. The number of ether oxygens (including phenoxy) is 2. The molecule has 0 aliphatic heterocycles. The second-order valence-electron chi connectivity index (χ2n) is 8.05. The molecule has 3 N–H and O–H groups in total. The first kappa shape index (κ1) is 23.9. The van der Waals surface area contributed by atoms with Gasteiger partial charge in [-0.25, -0.2) is 14.6 Å². The average molecular weight is 500 g/mol. The summed E-state index contributed by atoms with van der Waals surface area (Å²) in [6.07, 6.45) is 2.35. The summed E-state index contributed by atoms with van der Waals surface area (Å²) in [6.45, 7) is 3.73. The Labute approximate surface area is 212 Å². The summed E-state index contributed by atoms with van der Waals surface area (Å²) in [4.78, 5) is 21.6. The molecule has 0 saturated carbocycles. The molecule has 11 heteroatoms. The molecule has 188 valence electrons. The van der Waals surface area contributed by atoms with Crippen LogP contribution in [0, 0.1) is 0 Å². The fourth-order valence-electron chi connectivity index (χ4n) is 3.81. The summed E-state index contributed by atoms with van der Waals surface area (Å²) < 4.78 is 18.0. The highest BCUT2D eigenvalue weighted by Gasteiger charge is 2.21. The number of para-hydroxylation sites is 1. The zero-order valence-electron chi connectivity index (χ0n) is 20.1. The fraction of sp³-hybridized carbons (Fsp3) is 0.192. The van der Waals surface area contributed by atoms with E-state index in [4.69, 9.17) is 19.8 Å². The number of anilines is 1. The van der Waals surface area contributed by atoms with Gasteiger partial charge >= 0.3 is 0 Å². The van der Waals surface area contributed by atoms with E-state index < -0.39 is 0 Å². The Morgan fingerprint density at radius 3 is 2.76 bits per heavy atom.